The Hall–Kier alpha value is -1.91. The van der Waals surface area contributed by atoms with Crippen molar-refractivity contribution in [1.29, 1.82) is 0 Å². The monoisotopic (exact) mass is 210 g/mol. The van der Waals surface area contributed by atoms with Crippen molar-refractivity contribution in [2.24, 2.45) is 0 Å². The SMILES string of the molecule is Cc1ccc(F)c(-c2cnoc2N)c1F. The van der Waals surface area contributed by atoms with Gasteiger partial charge in [0.15, 0.2) is 0 Å². The molecule has 78 valence electrons. The maximum absolute atomic E-state index is 13.6. The minimum atomic E-state index is -0.687. The van der Waals surface area contributed by atoms with Gasteiger partial charge in [0.05, 0.1) is 17.3 Å². The first-order valence-electron chi connectivity index (χ1n) is 4.26. The summed E-state index contributed by atoms with van der Waals surface area (Å²) in [4.78, 5) is 0. The molecule has 1 aromatic carbocycles. The highest BCUT2D eigenvalue weighted by atomic mass is 19.1. The molecule has 3 nitrogen and oxygen atoms in total. The number of anilines is 1. The molecule has 0 saturated carbocycles. The topological polar surface area (TPSA) is 52.0 Å². The lowest BCUT2D eigenvalue weighted by Gasteiger charge is -2.04. The summed E-state index contributed by atoms with van der Waals surface area (Å²) in [5.41, 5.74) is 5.67. The smallest absolute Gasteiger partial charge is 0.230 e. The molecule has 0 aliphatic heterocycles. The highest BCUT2D eigenvalue weighted by Gasteiger charge is 2.18. The van der Waals surface area contributed by atoms with Crippen LogP contribution in [0.25, 0.3) is 11.1 Å². The van der Waals surface area contributed by atoms with Crippen LogP contribution in [-0.2, 0) is 0 Å². The van der Waals surface area contributed by atoms with Crippen molar-refractivity contribution < 1.29 is 13.3 Å². The van der Waals surface area contributed by atoms with Crippen molar-refractivity contribution in [3.63, 3.8) is 0 Å². The number of nitrogens with zero attached hydrogens (tertiary/aromatic N) is 1. The summed E-state index contributed by atoms with van der Waals surface area (Å²) < 4.78 is 31.6. The van der Waals surface area contributed by atoms with Gasteiger partial charge < -0.3 is 10.3 Å². The molecule has 15 heavy (non-hydrogen) atoms. The van der Waals surface area contributed by atoms with Gasteiger partial charge in [-0.3, -0.25) is 0 Å². The highest BCUT2D eigenvalue weighted by molar-refractivity contribution is 5.73. The van der Waals surface area contributed by atoms with Gasteiger partial charge in [-0.05, 0) is 18.6 Å². The minimum absolute atomic E-state index is 0.0987. The number of nitrogen functional groups attached to an aromatic ring is 1. The predicted molar refractivity (Wildman–Crippen MR) is 51.0 cm³/mol. The van der Waals surface area contributed by atoms with E-state index in [9.17, 15) is 8.78 Å². The molecule has 0 fully saturated rings. The van der Waals surface area contributed by atoms with Crippen molar-refractivity contribution >= 4 is 5.88 Å². The molecule has 1 heterocycles. The van der Waals surface area contributed by atoms with Gasteiger partial charge in [0.2, 0.25) is 5.88 Å². The number of benzene rings is 1. The van der Waals surface area contributed by atoms with E-state index < -0.39 is 11.6 Å². The first-order chi connectivity index (χ1) is 7.11. The van der Waals surface area contributed by atoms with E-state index in [-0.39, 0.29) is 17.0 Å². The lowest BCUT2D eigenvalue weighted by atomic mass is 10.0. The van der Waals surface area contributed by atoms with Crippen molar-refractivity contribution in [2.75, 3.05) is 5.73 Å². The van der Waals surface area contributed by atoms with E-state index in [1.165, 1.54) is 18.3 Å². The zero-order valence-electron chi connectivity index (χ0n) is 7.92. The predicted octanol–water partition coefficient (Wildman–Crippen LogP) is 2.51. The Morgan fingerprint density at radius 2 is 2.07 bits per heavy atom. The second-order valence-corrected chi connectivity index (χ2v) is 3.16. The van der Waals surface area contributed by atoms with Crippen LogP contribution in [0, 0.1) is 18.6 Å². The highest BCUT2D eigenvalue weighted by Crippen LogP contribution is 2.31. The van der Waals surface area contributed by atoms with Crippen LogP contribution < -0.4 is 5.73 Å². The second kappa shape index (κ2) is 3.34. The molecule has 0 amide bonds. The zero-order chi connectivity index (χ0) is 11.0. The zero-order valence-corrected chi connectivity index (χ0v) is 7.92. The summed E-state index contributed by atoms with van der Waals surface area (Å²) in [6.45, 7) is 1.54. The van der Waals surface area contributed by atoms with E-state index in [1.54, 1.807) is 6.92 Å². The summed E-state index contributed by atoms with van der Waals surface area (Å²) in [6, 6.07) is 2.54. The first-order valence-corrected chi connectivity index (χ1v) is 4.26. The van der Waals surface area contributed by atoms with Gasteiger partial charge in [-0.2, -0.15) is 0 Å². The van der Waals surface area contributed by atoms with Gasteiger partial charge in [-0.25, -0.2) is 8.78 Å². The van der Waals surface area contributed by atoms with E-state index in [1.807, 2.05) is 0 Å². The molecule has 5 heteroatoms. The van der Waals surface area contributed by atoms with Gasteiger partial charge in [0.1, 0.15) is 11.6 Å². The molecule has 2 aromatic rings. The quantitative estimate of drug-likeness (QED) is 0.786. The molecule has 0 radical (unpaired) electrons. The third kappa shape index (κ3) is 1.45. The largest absolute Gasteiger partial charge is 0.367 e. The average molecular weight is 210 g/mol. The lowest BCUT2D eigenvalue weighted by molar-refractivity contribution is 0.436. The van der Waals surface area contributed by atoms with Crippen LogP contribution >= 0.6 is 0 Å². The van der Waals surface area contributed by atoms with Crippen LogP contribution in [0.3, 0.4) is 0 Å². The van der Waals surface area contributed by atoms with Gasteiger partial charge in [-0.15, -0.1) is 0 Å². The molecule has 0 bridgehead atoms. The summed E-state index contributed by atoms with van der Waals surface area (Å²) in [5, 5.41) is 3.38. The molecule has 0 aliphatic carbocycles. The third-order valence-electron chi connectivity index (χ3n) is 2.15. The van der Waals surface area contributed by atoms with Crippen molar-refractivity contribution in [3.8, 4) is 11.1 Å². The summed E-state index contributed by atoms with van der Waals surface area (Å²) in [7, 11) is 0. The number of rotatable bonds is 1. The molecule has 0 spiro atoms. The molecule has 0 unspecified atom stereocenters. The Balaban J connectivity index is 2.72. The van der Waals surface area contributed by atoms with Crippen molar-refractivity contribution in [1.82, 2.24) is 5.16 Å². The number of nitrogens with two attached hydrogens (primary N) is 1. The minimum Gasteiger partial charge on any atom is -0.367 e. The lowest BCUT2D eigenvalue weighted by Crippen LogP contribution is -1.94. The number of hydrogen-bond donors (Lipinski definition) is 1. The van der Waals surface area contributed by atoms with Gasteiger partial charge in [0, 0.05) is 0 Å². The Kier molecular flexibility index (Phi) is 2.15. The Morgan fingerprint density at radius 3 is 2.67 bits per heavy atom. The second-order valence-electron chi connectivity index (χ2n) is 3.16. The van der Waals surface area contributed by atoms with Crippen LogP contribution in [0.5, 0.6) is 0 Å². The standard InChI is InChI=1S/C10H8F2N2O/c1-5-2-3-7(11)8(9(5)12)6-4-14-15-10(6)13/h2-4H,13H2,1H3. The first kappa shape index (κ1) is 9.64. The Labute approximate surface area is 84.5 Å². The fourth-order valence-electron chi connectivity index (χ4n) is 1.34. The van der Waals surface area contributed by atoms with Crippen LogP contribution in [0.1, 0.15) is 5.56 Å². The summed E-state index contributed by atoms with van der Waals surface area (Å²) >= 11 is 0. The van der Waals surface area contributed by atoms with Gasteiger partial charge >= 0.3 is 0 Å². The molecular weight excluding hydrogens is 202 g/mol. The van der Waals surface area contributed by atoms with E-state index in [0.29, 0.717) is 5.56 Å². The molecule has 0 saturated heterocycles. The molecule has 0 atom stereocenters. The Morgan fingerprint density at radius 1 is 1.33 bits per heavy atom. The van der Waals surface area contributed by atoms with Crippen LogP contribution in [0.15, 0.2) is 22.9 Å². The van der Waals surface area contributed by atoms with Crippen molar-refractivity contribution in [2.45, 2.75) is 6.92 Å². The van der Waals surface area contributed by atoms with Crippen LogP contribution in [-0.4, -0.2) is 5.16 Å². The van der Waals surface area contributed by atoms with E-state index in [4.69, 9.17) is 5.73 Å². The number of hydrogen-bond acceptors (Lipinski definition) is 3. The van der Waals surface area contributed by atoms with Crippen LogP contribution in [0.2, 0.25) is 0 Å². The number of aromatic nitrogens is 1. The molecule has 1 aromatic heterocycles. The normalized spacial score (nSPS) is 10.6. The molecule has 2 rings (SSSR count). The average Bonchev–Trinajstić information content (AvgIpc) is 2.60. The molecule has 2 N–H and O–H groups in total. The maximum Gasteiger partial charge on any atom is 0.230 e. The van der Waals surface area contributed by atoms with E-state index >= 15 is 0 Å². The number of aryl methyl sites for hydroxylation is 1. The fourth-order valence-corrected chi connectivity index (χ4v) is 1.34. The van der Waals surface area contributed by atoms with Crippen LogP contribution in [0.4, 0.5) is 14.7 Å². The summed E-state index contributed by atoms with van der Waals surface area (Å²) in [6.07, 6.45) is 1.19. The van der Waals surface area contributed by atoms with Crippen molar-refractivity contribution in [3.05, 3.63) is 35.5 Å². The molecular formula is C10H8F2N2O. The van der Waals surface area contributed by atoms with E-state index in [0.717, 1.165) is 0 Å². The fraction of sp³-hybridized carbons (Fsp3) is 0.100. The van der Waals surface area contributed by atoms with Gasteiger partial charge in [0.25, 0.3) is 0 Å². The summed E-state index contributed by atoms with van der Waals surface area (Å²) in [5.74, 6) is -1.43. The van der Waals surface area contributed by atoms with Gasteiger partial charge in [-0.1, -0.05) is 11.2 Å². The molecule has 0 aliphatic rings. The number of halogens is 2. The maximum atomic E-state index is 13.6. The Bertz CT molecular complexity index is 508. The third-order valence-corrected chi connectivity index (χ3v) is 2.15. The van der Waals surface area contributed by atoms with E-state index in [2.05, 4.69) is 9.68 Å².